The van der Waals surface area contributed by atoms with Gasteiger partial charge in [0.1, 0.15) is 23.4 Å². The number of nitrogens with one attached hydrogen (secondary N) is 1. The predicted molar refractivity (Wildman–Crippen MR) is 117 cm³/mol. The second-order valence-corrected chi connectivity index (χ2v) is 8.89. The number of fused-ring (bicyclic) bond motifs is 3. The molecule has 2 aromatic heterocycles. The minimum absolute atomic E-state index is 0.318. The van der Waals surface area contributed by atoms with E-state index in [0.717, 1.165) is 26.6 Å². The lowest BCUT2D eigenvalue weighted by Crippen LogP contribution is -2.34. The normalized spacial score (nSPS) is 15.2. The van der Waals surface area contributed by atoms with Gasteiger partial charge in [-0.05, 0) is 38.5 Å². The summed E-state index contributed by atoms with van der Waals surface area (Å²) in [5.41, 5.74) is 3.66. The molecule has 1 aliphatic rings. The average Bonchev–Trinajstić information content (AvgIpc) is 3.24. The van der Waals surface area contributed by atoms with Crippen molar-refractivity contribution in [3.63, 3.8) is 0 Å². The molecule has 11 heteroatoms. The Hall–Kier alpha value is -3.52. The van der Waals surface area contributed by atoms with Crippen LogP contribution in [0.1, 0.15) is 51.2 Å². The van der Waals surface area contributed by atoms with Gasteiger partial charge >= 0.3 is 6.18 Å². The number of aliphatic imine (C=N–C) groups is 1. The SMILES string of the molecule is Cc1sc2c(c1C)C(c1ccc(C#N)cc1)=N[C@@H](CC(=O)NCC(F)(F)F)c1nnc(C)n1-2. The van der Waals surface area contributed by atoms with Gasteiger partial charge in [0.05, 0.1) is 23.8 Å². The van der Waals surface area contributed by atoms with Gasteiger partial charge in [0.2, 0.25) is 5.91 Å². The van der Waals surface area contributed by atoms with Crippen molar-refractivity contribution in [1.29, 1.82) is 5.26 Å². The summed E-state index contributed by atoms with van der Waals surface area (Å²) in [5.74, 6) is 0.191. The molecule has 0 spiro atoms. The standard InChI is InChI=1S/C22H19F3N6OS/c1-11-12(2)33-21-18(11)19(15-6-4-14(9-26)5-7-15)28-16(20-30-29-13(3)31(20)21)8-17(32)27-10-22(23,24)25/h4-7,16H,8,10H2,1-3H3,(H,27,32)/t16-/m0/s1. The van der Waals surface area contributed by atoms with E-state index >= 15 is 0 Å². The predicted octanol–water partition coefficient (Wildman–Crippen LogP) is 4.09. The zero-order valence-corrected chi connectivity index (χ0v) is 18.8. The van der Waals surface area contributed by atoms with Crippen LogP contribution in [0.25, 0.3) is 5.00 Å². The van der Waals surface area contributed by atoms with E-state index in [1.54, 1.807) is 31.2 Å². The van der Waals surface area contributed by atoms with E-state index < -0.39 is 24.7 Å². The average molecular weight is 472 g/mol. The van der Waals surface area contributed by atoms with Gasteiger partial charge in [0.15, 0.2) is 5.82 Å². The van der Waals surface area contributed by atoms with Gasteiger partial charge in [-0.2, -0.15) is 18.4 Å². The lowest BCUT2D eigenvalue weighted by atomic mass is 9.99. The highest BCUT2D eigenvalue weighted by atomic mass is 32.1. The zero-order chi connectivity index (χ0) is 23.9. The van der Waals surface area contributed by atoms with Crippen molar-refractivity contribution in [2.24, 2.45) is 4.99 Å². The Morgan fingerprint density at radius 1 is 1.21 bits per heavy atom. The van der Waals surface area contributed by atoms with Gasteiger partial charge in [0.25, 0.3) is 0 Å². The Kier molecular flexibility index (Phi) is 5.80. The Labute approximate surface area is 191 Å². The molecule has 3 aromatic rings. The van der Waals surface area contributed by atoms with Crippen molar-refractivity contribution in [2.75, 3.05) is 6.54 Å². The van der Waals surface area contributed by atoms with Gasteiger partial charge in [-0.15, -0.1) is 21.5 Å². The second kappa shape index (κ2) is 8.44. The molecule has 1 aliphatic heterocycles. The van der Waals surface area contributed by atoms with Crippen LogP contribution in [-0.4, -0.2) is 39.1 Å². The number of carbonyl (C=O) groups is 1. The van der Waals surface area contributed by atoms with E-state index in [4.69, 9.17) is 10.3 Å². The monoisotopic (exact) mass is 472 g/mol. The third kappa shape index (κ3) is 4.39. The van der Waals surface area contributed by atoms with Crippen LogP contribution in [0, 0.1) is 32.1 Å². The molecule has 1 atom stereocenters. The zero-order valence-electron chi connectivity index (χ0n) is 18.0. The number of alkyl halides is 3. The number of benzene rings is 1. The summed E-state index contributed by atoms with van der Waals surface area (Å²) >= 11 is 1.53. The molecule has 170 valence electrons. The van der Waals surface area contributed by atoms with Crippen molar-refractivity contribution in [3.05, 3.63) is 63.0 Å². The molecule has 0 saturated carbocycles. The Bertz CT molecular complexity index is 1300. The molecule has 0 radical (unpaired) electrons. The van der Waals surface area contributed by atoms with Crippen molar-refractivity contribution in [3.8, 4) is 11.1 Å². The molecule has 3 heterocycles. The number of aryl methyl sites for hydroxylation is 2. The Morgan fingerprint density at radius 2 is 1.91 bits per heavy atom. The summed E-state index contributed by atoms with van der Waals surface area (Å²) in [5, 5.41) is 20.2. The van der Waals surface area contributed by atoms with Crippen LogP contribution in [0.3, 0.4) is 0 Å². The minimum atomic E-state index is -4.51. The number of hydrogen-bond donors (Lipinski definition) is 1. The molecule has 0 bridgehead atoms. The van der Waals surface area contributed by atoms with Gasteiger partial charge in [-0.1, -0.05) is 12.1 Å². The van der Waals surface area contributed by atoms with E-state index in [1.165, 1.54) is 11.3 Å². The number of nitriles is 1. The summed E-state index contributed by atoms with van der Waals surface area (Å²) in [6.07, 6.45) is -4.83. The maximum atomic E-state index is 12.6. The molecule has 0 aliphatic carbocycles. The van der Waals surface area contributed by atoms with Gasteiger partial charge < -0.3 is 5.32 Å². The number of amides is 1. The van der Waals surface area contributed by atoms with Crippen LogP contribution in [0.4, 0.5) is 13.2 Å². The first-order valence-corrected chi connectivity index (χ1v) is 10.8. The topological polar surface area (TPSA) is 96.0 Å². The van der Waals surface area contributed by atoms with Crippen molar-refractivity contribution >= 4 is 23.0 Å². The summed E-state index contributed by atoms with van der Waals surface area (Å²) in [7, 11) is 0. The summed E-state index contributed by atoms with van der Waals surface area (Å²) in [6, 6.07) is 8.13. The lowest BCUT2D eigenvalue weighted by Gasteiger charge is -2.14. The highest BCUT2D eigenvalue weighted by Crippen LogP contribution is 2.39. The van der Waals surface area contributed by atoms with Crippen LogP contribution < -0.4 is 5.32 Å². The summed E-state index contributed by atoms with van der Waals surface area (Å²) in [6.45, 7) is 4.33. The van der Waals surface area contributed by atoms with Crippen molar-refractivity contribution in [1.82, 2.24) is 20.1 Å². The van der Waals surface area contributed by atoms with E-state index in [2.05, 4.69) is 16.3 Å². The lowest BCUT2D eigenvalue weighted by molar-refractivity contribution is -0.138. The van der Waals surface area contributed by atoms with Crippen molar-refractivity contribution < 1.29 is 18.0 Å². The first kappa shape index (κ1) is 22.7. The van der Waals surface area contributed by atoms with E-state index in [9.17, 15) is 18.0 Å². The molecule has 0 unspecified atom stereocenters. The highest BCUT2D eigenvalue weighted by Gasteiger charge is 2.33. The van der Waals surface area contributed by atoms with E-state index in [-0.39, 0.29) is 6.42 Å². The number of halogens is 3. The quantitative estimate of drug-likeness (QED) is 0.619. The number of carbonyl (C=O) groups excluding carboxylic acids is 1. The first-order valence-electron chi connectivity index (χ1n) is 10.0. The molecule has 4 rings (SSSR count). The Morgan fingerprint density at radius 3 is 2.55 bits per heavy atom. The molecule has 1 amide bonds. The Balaban J connectivity index is 1.85. The number of nitrogens with zero attached hydrogens (tertiary/aromatic N) is 5. The smallest absolute Gasteiger partial charge is 0.347 e. The fourth-order valence-electron chi connectivity index (χ4n) is 3.67. The summed E-state index contributed by atoms with van der Waals surface area (Å²) in [4.78, 5) is 18.3. The largest absolute Gasteiger partial charge is 0.405 e. The van der Waals surface area contributed by atoms with Gasteiger partial charge in [-0.25, -0.2) is 0 Å². The molecule has 7 nitrogen and oxygen atoms in total. The number of hydrogen-bond acceptors (Lipinski definition) is 6. The third-order valence-electron chi connectivity index (χ3n) is 5.39. The molecule has 33 heavy (non-hydrogen) atoms. The van der Waals surface area contributed by atoms with E-state index in [1.807, 2.05) is 23.7 Å². The molecule has 1 aromatic carbocycles. The van der Waals surface area contributed by atoms with Crippen LogP contribution in [0.5, 0.6) is 0 Å². The van der Waals surface area contributed by atoms with Crippen LogP contribution >= 0.6 is 11.3 Å². The van der Waals surface area contributed by atoms with Crippen LogP contribution in [0.2, 0.25) is 0 Å². The number of thiophene rings is 1. The van der Waals surface area contributed by atoms with Gasteiger partial charge in [-0.3, -0.25) is 14.4 Å². The van der Waals surface area contributed by atoms with E-state index in [0.29, 0.717) is 22.9 Å². The molecule has 0 saturated heterocycles. The molecule has 0 fully saturated rings. The van der Waals surface area contributed by atoms with Crippen LogP contribution in [0.15, 0.2) is 29.3 Å². The molecular formula is C22H19F3N6OS. The van der Waals surface area contributed by atoms with Crippen LogP contribution in [-0.2, 0) is 4.79 Å². The molecule has 1 N–H and O–H groups in total. The fraction of sp³-hybridized carbons (Fsp3) is 0.318. The van der Waals surface area contributed by atoms with Gasteiger partial charge in [0, 0.05) is 16.0 Å². The first-order chi connectivity index (χ1) is 15.6. The maximum absolute atomic E-state index is 12.6. The number of rotatable bonds is 4. The maximum Gasteiger partial charge on any atom is 0.405 e. The highest BCUT2D eigenvalue weighted by molar-refractivity contribution is 7.15. The number of aromatic nitrogens is 3. The summed E-state index contributed by atoms with van der Waals surface area (Å²) < 4.78 is 39.6. The van der Waals surface area contributed by atoms with Crippen molar-refractivity contribution in [2.45, 2.75) is 39.4 Å². The second-order valence-electron chi connectivity index (χ2n) is 7.68. The minimum Gasteiger partial charge on any atom is -0.347 e. The molecular weight excluding hydrogens is 453 g/mol. The fourth-order valence-corrected chi connectivity index (χ4v) is 4.89. The third-order valence-corrected chi connectivity index (χ3v) is 6.58.